The number of carbonyl (C=O) groups excluding carboxylic acids is 1. The zero-order valence-electron chi connectivity index (χ0n) is 20.0. The lowest BCUT2D eigenvalue weighted by Gasteiger charge is -2.21. The van der Waals surface area contributed by atoms with E-state index in [2.05, 4.69) is 54.6 Å². The second-order valence-electron chi connectivity index (χ2n) is 8.88. The number of nitrogens with zero attached hydrogens (tertiary/aromatic N) is 3. The van der Waals surface area contributed by atoms with E-state index in [1.165, 1.54) is 11.1 Å². The number of carbonyl (C=O) groups is 1. The molecule has 1 aliphatic rings. The van der Waals surface area contributed by atoms with Gasteiger partial charge in [0.15, 0.2) is 5.96 Å². The fourth-order valence-corrected chi connectivity index (χ4v) is 4.18. The largest absolute Gasteiger partial charge is 0.357 e. The maximum atomic E-state index is 12.5. The Labute approximate surface area is 215 Å². The first kappa shape index (κ1) is 27.1. The maximum Gasteiger partial charge on any atom is 0.223 e. The Bertz CT molecular complexity index is 860. The van der Waals surface area contributed by atoms with Gasteiger partial charge < -0.3 is 15.5 Å². The third-order valence-corrected chi connectivity index (χ3v) is 6.07. The summed E-state index contributed by atoms with van der Waals surface area (Å²) in [4.78, 5) is 23.6. The minimum absolute atomic E-state index is 0. The smallest absolute Gasteiger partial charge is 0.223 e. The highest BCUT2D eigenvalue weighted by Gasteiger charge is 2.29. The van der Waals surface area contributed by atoms with Crippen molar-refractivity contribution in [1.29, 1.82) is 0 Å². The molecule has 2 atom stereocenters. The van der Waals surface area contributed by atoms with E-state index in [0.29, 0.717) is 30.7 Å². The van der Waals surface area contributed by atoms with Crippen molar-refractivity contribution in [3.05, 3.63) is 66.0 Å². The molecule has 7 heteroatoms. The standard InChI is InChI=1S/C26H37N5O.HI/c1-4-28-26(30-18-24(20(2)3)23-11-8-13-27-17-23)29-16-22-15-25(32)31(19-22)14-12-21-9-6-5-7-10-21;/h5-11,13,17,20,22,24H,4,12,14-16,18-19H2,1-3H3,(H2,28,29,30);1H. The van der Waals surface area contributed by atoms with Crippen LogP contribution >= 0.6 is 24.0 Å². The fraction of sp³-hybridized carbons (Fsp3) is 0.500. The zero-order chi connectivity index (χ0) is 22.8. The van der Waals surface area contributed by atoms with Gasteiger partial charge in [-0.2, -0.15) is 0 Å². The van der Waals surface area contributed by atoms with Crippen molar-refractivity contribution >= 4 is 35.8 Å². The minimum atomic E-state index is 0. The second-order valence-corrected chi connectivity index (χ2v) is 8.88. The van der Waals surface area contributed by atoms with Gasteiger partial charge in [0.1, 0.15) is 0 Å². The van der Waals surface area contributed by atoms with Crippen LogP contribution in [0.25, 0.3) is 0 Å². The molecule has 0 saturated carbocycles. The molecular formula is C26H38IN5O. The summed E-state index contributed by atoms with van der Waals surface area (Å²) < 4.78 is 0. The van der Waals surface area contributed by atoms with Crippen LogP contribution in [0.1, 0.15) is 44.2 Å². The van der Waals surface area contributed by atoms with E-state index in [9.17, 15) is 4.79 Å². The quantitative estimate of drug-likeness (QED) is 0.260. The van der Waals surface area contributed by atoms with Gasteiger partial charge in [-0.05, 0) is 36.5 Å². The van der Waals surface area contributed by atoms with Gasteiger partial charge in [0, 0.05) is 63.4 Å². The first-order valence-corrected chi connectivity index (χ1v) is 11.8. The first-order valence-electron chi connectivity index (χ1n) is 11.8. The van der Waals surface area contributed by atoms with Crippen molar-refractivity contribution in [1.82, 2.24) is 20.5 Å². The average Bonchev–Trinajstić information content (AvgIpc) is 3.16. The number of likely N-dealkylation sites (tertiary alicyclic amines) is 1. The highest BCUT2D eigenvalue weighted by atomic mass is 127. The highest BCUT2D eigenvalue weighted by Crippen LogP contribution is 2.24. The summed E-state index contributed by atoms with van der Waals surface area (Å²) in [6.07, 6.45) is 5.25. The lowest BCUT2D eigenvalue weighted by atomic mass is 9.89. The molecule has 1 aromatic carbocycles. The number of nitrogens with one attached hydrogen (secondary N) is 2. The van der Waals surface area contributed by atoms with Gasteiger partial charge in [-0.3, -0.25) is 14.8 Å². The van der Waals surface area contributed by atoms with E-state index < -0.39 is 0 Å². The third kappa shape index (κ3) is 8.61. The zero-order valence-corrected chi connectivity index (χ0v) is 22.4. The summed E-state index contributed by atoms with van der Waals surface area (Å²) >= 11 is 0. The number of halogens is 1. The lowest BCUT2D eigenvalue weighted by Crippen LogP contribution is -2.40. The van der Waals surface area contributed by atoms with E-state index in [1.807, 2.05) is 41.6 Å². The molecule has 2 aromatic rings. The summed E-state index contributed by atoms with van der Waals surface area (Å²) in [6, 6.07) is 14.5. The van der Waals surface area contributed by atoms with Crippen molar-refractivity contribution in [2.45, 2.75) is 39.5 Å². The molecule has 6 nitrogen and oxygen atoms in total. The number of amides is 1. The maximum absolute atomic E-state index is 12.5. The minimum Gasteiger partial charge on any atom is -0.357 e. The summed E-state index contributed by atoms with van der Waals surface area (Å²) in [6.45, 7) is 10.4. The summed E-state index contributed by atoms with van der Waals surface area (Å²) in [5, 5.41) is 6.81. The summed E-state index contributed by atoms with van der Waals surface area (Å²) in [5.74, 6) is 2.17. The van der Waals surface area contributed by atoms with Gasteiger partial charge in [0.05, 0.1) is 0 Å². The van der Waals surface area contributed by atoms with Crippen molar-refractivity contribution < 1.29 is 4.79 Å². The molecule has 0 spiro atoms. The monoisotopic (exact) mass is 563 g/mol. The van der Waals surface area contributed by atoms with Crippen molar-refractivity contribution in [2.24, 2.45) is 16.8 Å². The Hall–Kier alpha value is -2.16. The van der Waals surface area contributed by atoms with Crippen LogP contribution < -0.4 is 10.6 Å². The van der Waals surface area contributed by atoms with Crippen LogP contribution in [0.15, 0.2) is 59.9 Å². The Morgan fingerprint density at radius 3 is 2.64 bits per heavy atom. The van der Waals surface area contributed by atoms with Crippen molar-refractivity contribution in [3.8, 4) is 0 Å². The number of guanidine groups is 1. The van der Waals surface area contributed by atoms with Crippen LogP contribution in [0.5, 0.6) is 0 Å². The Morgan fingerprint density at radius 2 is 1.97 bits per heavy atom. The molecule has 2 N–H and O–H groups in total. The predicted octanol–water partition coefficient (Wildman–Crippen LogP) is 4.09. The van der Waals surface area contributed by atoms with Crippen LogP contribution in [0, 0.1) is 11.8 Å². The van der Waals surface area contributed by atoms with Crippen LogP contribution in [-0.2, 0) is 11.2 Å². The molecule has 1 aromatic heterocycles. The van der Waals surface area contributed by atoms with E-state index in [4.69, 9.17) is 4.99 Å². The molecule has 0 radical (unpaired) electrons. The molecule has 1 aliphatic heterocycles. The van der Waals surface area contributed by atoms with Gasteiger partial charge in [-0.1, -0.05) is 50.2 Å². The molecule has 3 rings (SSSR count). The van der Waals surface area contributed by atoms with E-state index >= 15 is 0 Å². The number of benzene rings is 1. The first-order chi connectivity index (χ1) is 15.6. The number of rotatable bonds is 10. The Kier molecular flexibility index (Phi) is 11.6. The molecule has 0 aliphatic carbocycles. The molecule has 1 fully saturated rings. The van der Waals surface area contributed by atoms with Gasteiger partial charge >= 0.3 is 0 Å². The molecule has 2 unspecified atom stereocenters. The molecule has 33 heavy (non-hydrogen) atoms. The number of pyridine rings is 1. The number of hydrogen-bond donors (Lipinski definition) is 2. The van der Waals surface area contributed by atoms with Crippen LogP contribution in [0.4, 0.5) is 0 Å². The molecule has 2 heterocycles. The van der Waals surface area contributed by atoms with Crippen LogP contribution in [-0.4, -0.2) is 54.5 Å². The highest BCUT2D eigenvalue weighted by molar-refractivity contribution is 14.0. The van der Waals surface area contributed by atoms with Gasteiger partial charge in [0.2, 0.25) is 5.91 Å². The lowest BCUT2D eigenvalue weighted by molar-refractivity contribution is -0.127. The van der Waals surface area contributed by atoms with E-state index in [0.717, 1.165) is 38.6 Å². The van der Waals surface area contributed by atoms with Gasteiger partial charge in [-0.15, -0.1) is 24.0 Å². The van der Waals surface area contributed by atoms with E-state index in [1.54, 1.807) is 0 Å². The van der Waals surface area contributed by atoms with E-state index in [-0.39, 0.29) is 29.9 Å². The summed E-state index contributed by atoms with van der Waals surface area (Å²) in [5.41, 5.74) is 2.49. The fourth-order valence-electron chi connectivity index (χ4n) is 4.18. The molecular weight excluding hydrogens is 525 g/mol. The predicted molar refractivity (Wildman–Crippen MR) is 146 cm³/mol. The Balaban J connectivity index is 0.00000385. The molecule has 180 valence electrons. The van der Waals surface area contributed by atoms with Crippen molar-refractivity contribution in [2.75, 3.05) is 32.7 Å². The second kappa shape index (κ2) is 14.2. The number of hydrogen-bond acceptors (Lipinski definition) is 3. The van der Waals surface area contributed by atoms with Crippen LogP contribution in [0.3, 0.4) is 0 Å². The number of aromatic nitrogens is 1. The summed E-state index contributed by atoms with van der Waals surface area (Å²) in [7, 11) is 0. The number of aliphatic imine (C=N–C) groups is 1. The average molecular weight is 564 g/mol. The third-order valence-electron chi connectivity index (χ3n) is 6.07. The molecule has 0 bridgehead atoms. The van der Waals surface area contributed by atoms with Gasteiger partial charge in [0.25, 0.3) is 0 Å². The molecule has 1 amide bonds. The normalized spacial score (nSPS) is 17.1. The van der Waals surface area contributed by atoms with Crippen molar-refractivity contribution in [3.63, 3.8) is 0 Å². The van der Waals surface area contributed by atoms with Crippen LogP contribution in [0.2, 0.25) is 0 Å². The topological polar surface area (TPSA) is 69.6 Å². The van der Waals surface area contributed by atoms with Gasteiger partial charge in [-0.25, -0.2) is 0 Å². The Morgan fingerprint density at radius 1 is 1.18 bits per heavy atom. The SMILES string of the molecule is CCNC(=NCC(c1cccnc1)C(C)C)NCC1CC(=O)N(CCc2ccccc2)C1.I. The molecule has 1 saturated heterocycles.